The number of aryl methyl sites for hydroxylation is 1. The van der Waals surface area contributed by atoms with Gasteiger partial charge in [-0.15, -0.1) is 0 Å². The zero-order valence-corrected chi connectivity index (χ0v) is 14.7. The molecule has 3 aromatic rings. The Labute approximate surface area is 151 Å². The van der Waals surface area contributed by atoms with E-state index >= 15 is 0 Å². The van der Waals surface area contributed by atoms with Gasteiger partial charge in [0.25, 0.3) is 0 Å². The van der Waals surface area contributed by atoms with Gasteiger partial charge in [-0.05, 0) is 65.5 Å². The van der Waals surface area contributed by atoms with Gasteiger partial charge < -0.3 is 0 Å². The standard InChI is InChI=1S/C23H21F3/c1-2-4-14-7-9-17-16-5-3-6-20(24)18(16)10-11-19(17)23(14)15-8-12-21(25)22(26)13-15/h3,5-6,8,10-14,23H,2,4,7,9H2,1H3. The average molecular weight is 354 g/mol. The zero-order valence-electron chi connectivity index (χ0n) is 14.7. The van der Waals surface area contributed by atoms with Crippen molar-refractivity contribution in [1.82, 2.24) is 0 Å². The second kappa shape index (κ2) is 6.79. The van der Waals surface area contributed by atoms with E-state index in [1.165, 1.54) is 18.2 Å². The molecule has 3 aromatic carbocycles. The van der Waals surface area contributed by atoms with Gasteiger partial charge in [-0.2, -0.15) is 0 Å². The van der Waals surface area contributed by atoms with Crippen molar-refractivity contribution in [3.8, 4) is 0 Å². The van der Waals surface area contributed by atoms with Gasteiger partial charge in [-0.1, -0.05) is 43.7 Å². The summed E-state index contributed by atoms with van der Waals surface area (Å²) < 4.78 is 41.5. The molecule has 0 saturated heterocycles. The van der Waals surface area contributed by atoms with Gasteiger partial charge in [-0.3, -0.25) is 0 Å². The third kappa shape index (κ3) is 2.80. The quantitative estimate of drug-likeness (QED) is 0.488. The van der Waals surface area contributed by atoms with Crippen LogP contribution in [0.2, 0.25) is 0 Å². The highest BCUT2D eigenvalue weighted by molar-refractivity contribution is 5.88. The van der Waals surface area contributed by atoms with Gasteiger partial charge >= 0.3 is 0 Å². The van der Waals surface area contributed by atoms with E-state index in [2.05, 4.69) is 6.92 Å². The molecule has 134 valence electrons. The maximum Gasteiger partial charge on any atom is 0.159 e. The number of benzene rings is 3. The minimum absolute atomic E-state index is 0.0152. The van der Waals surface area contributed by atoms with E-state index in [1.54, 1.807) is 12.1 Å². The largest absolute Gasteiger partial charge is 0.206 e. The molecular formula is C23H21F3. The van der Waals surface area contributed by atoms with E-state index in [0.29, 0.717) is 11.3 Å². The van der Waals surface area contributed by atoms with Crippen LogP contribution >= 0.6 is 0 Å². The van der Waals surface area contributed by atoms with Crippen molar-refractivity contribution < 1.29 is 13.2 Å². The number of hydrogen-bond acceptors (Lipinski definition) is 0. The van der Waals surface area contributed by atoms with Crippen LogP contribution in [0.15, 0.2) is 48.5 Å². The maximum absolute atomic E-state index is 14.2. The van der Waals surface area contributed by atoms with Crippen molar-refractivity contribution in [2.24, 2.45) is 5.92 Å². The first-order valence-electron chi connectivity index (χ1n) is 9.25. The molecule has 0 N–H and O–H groups in total. The molecule has 0 bridgehead atoms. The van der Waals surface area contributed by atoms with Crippen LogP contribution in [-0.4, -0.2) is 0 Å². The summed E-state index contributed by atoms with van der Waals surface area (Å²) in [5, 5.41) is 1.56. The second-order valence-electron chi connectivity index (χ2n) is 7.21. The molecule has 0 spiro atoms. The fourth-order valence-corrected chi connectivity index (χ4v) is 4.56. The first-order chi connectivity index (χ1) is 12.6. The molecule has 0 saturated carbocycles. The summed E-state index contributed by atoms with van der Waals surface area (Å²) in [5.41, 5.74) is 3.07. The third-order valence-electron chi connectivity index (χ3n) is 5.69. The van der Waals surface area contributed by atoms with Gasteiger partial charge in [-0.25, -0.2) is 13.2 Å². The predicted molar refractivity (Wildman–Crippen MR) is 98.8 cm³/mol. The molecule has 3 heteroatoms. The minimum atomic E-state index is -0.822. The number of hydrogen-bond donors (Lipinski definition) is 0. The number of rotatable bonds is 3. The van der Waals surface area contributed by atoms with E-state index in [1.807, 2.05) is 18.2 Å². The Bertz CT molecular complexity index is 961. The van der Waals surface area contributed by atoms with Gasteiger partial charge in [0.15, 0.2) is 11.6 Å². The van der Waals surface area contributed by atoms with Gasteiger partial charge in [0.1, 0.15) is 5.82 Å². The average Bonchev–Trinajstić information content (AvgIpc) is 2.64. The molecule has 4 rings (SSSR count). The van der Waals surface area contributed by atoms with Crippen molar-refractivity contribution >= 4 is 10.8 Å². The molecule has 0 nitrogen and oxygen atoms in total. The monoisotopic (exact) mass is 354 g/mol. The lowest BCUT2D eigenvalue weighted by Gasteiger charge is -2.35. The molecular weight excluding hydrogens is 333 g/mol. The SMILES string of the molecule is CCCC1CCc2c(ccc3c(F)cccc23)C1c1ccc(F)c(F)c1. The third-order valence-corrected chi connectivity index (χ3v) is 5.69. The Hall–Kier alpha value is -2.29. The van der Waals surface area contributed by atoms with Crippen molar-refractivity contribution in [3.63, 3.8) is 0 Å². The molecule has 2 atom stereocenters. The zero-order chi connectivity index (χ0) is 18.3. The lowest BCUT2D eigenvalue weighted by Crippen LogP contribution is -2.22. The molecule has 0 aromatic heterocycles. The molecule has 0 heterocycles. The minimum Gasteiger partial charge on any atom is -0.206 e. The summed E-state index contributed by atoms with van der Waals surface area (Å²) in [5.74, 6) is -1.45. The lowest BCUT2D eigenvalue weighted by atomic mass is 9.69. The van der Waals surface area contributed by atoms with Crippen LogP contribution in [0.4, 0.5) is 13.2 Å². The van der Waals surface area contributed by atoms with Crippen molar-refractivity contribution in [3.05, 3.63) is 82.7 Å². The van der Waals surface area contributed by atoms with Crippen molar-refractivity contribution in [2.45, 2.75) is 38.5 Å². The topological polar surface area (TPSA) is 0 Å². The molecule has 0 radical (unpaired) electrons. The predicted octanol–water partition coefficient (Wildman–Crippen LogP) is 6.75. The number of halogens is 3. The molecule has 2 unspecified atom stereocenters. The van der Waals surface area contributed by atoms with Crippen LogP contribution in [-0.2, 0) is 6.42 Å². The first kappa shape index (κ1) is 17.1. The Balaban J connectivity index is 1.92. The van der Waals surface area contributed by atoms with Crippen LogP contribution in [0.5, 0.6) is 0 Å². The summed E-state index contributed by atoms with van der Waals surface area (Å²) in [7, 11) is 0. The lowest BCUT2D eigenvalue weighted by molar-refractivity contribution is 0.378. The summed E-state index contributed by atoms with van der Waals surface area (Å²) in [4.78, 5) is 0. The molecule has 0 amide bonds. The molecule has 1 aliphatic carbocycles. The highest BCUT2D eigenvalue weighted by atomic mass is 19.2. The Morgan fingerprint density at radius 2 is 1.73 bits per heavy atom. The normalized spacial score (nSPS) is 19.5. The van der Waals surface area contributed by atoms with Gasteiger partial charge in [0, 0.05) is 11.3 Å². The number of fused-ring (bicyclic) bond motifs is 3. The van der Waals surface area contributed by atoms with E-state index in [-0.39, 0.29) is 11.7 Å². The Morgan fingerprint density at radius 3 is 2.50 bits per heavy atom. The fraction of sp³-hybridized carbons (Fsp3) is 0.304. The summed E-state index contributed by atoms with van der Waals surface area (Å²) in [6.45, 7) is 2.15. The van der Waals surface area contributed by atoms with E-state index in [0.717, 1.165) is 47.8 Å². The van der Waals surface area contributed by atoms with Crippen LogP contribution in [0, 0.1) is 23.4 Å². The highest BCUT2D eigenvalue weighted by Crippen LogP contribution is 2.45. The van der Waals surface area contributed by atoms with Crippen molar-refractivity contribution in [1.29, 1.82) is 0 Å². The maximum atomic E-state index is 14.2. The highest BCUT2D eigenvalue weighted by Gasteiger charge is 2.31. The smallest absolute Gasteiger partial charge is 0.159 e. The Morgan fingerprint density at radius 1 is 0.885 bits per heavy atom. The molecule has 1 aliphatic rings. The molecule has 0 aliphatic heterocycles. The van der Waals surface area contributed by atoms with Crippen LogP contribution in [0.25, 0.3) is 10.8 Å². The molecule has 26 heavy (non-hydrogen) atoms. The Kier molecular flexibility index (Phi) is 4.47. The van der Waals surface area contributed by atoms with Crippen LogP contribution < -0.4 is 0 Å². The van der Waals surface area contributed by atoms with Crippen LogP contribution in [0.1, 0.15) is 48.8 Å². The fourth-order valence-electron chi connectivity index (χ4n) is 4.56. The van der Waals surface area contributed by atoms with Crippen molar-refractivity contribution in [2.75, 3.05) is 0 Å². The summed E-state index contributed by atoms with van der Waals surface area (Å²) >= 11 is 0. The molecule has 0 fully saturated rings. The first-order valence-corrected chi connectivity index (χ1v) is 9.25. The van der Waals surface area contributed by atoms with Crippen LogP contribution in [0.3, 0.4) is 0 Å². The van der Waals surface area contributed by atoms with Gasteiger partial charge in [0.05, 0.1) is 0 Å². The van der Waals surface area contributed by atoms with E-state index in [4.69, 9.17) is 0 Å². The summed E-state index contributed by atoms with van der Waals surface area (Å²) in [6, 6.07) is 13.2. The van der Waals surface area contributed by atoms with E-state index in [9.17, 15) is 13.2 Å². The second-order valence-corrected chi connectivity index (χ2v) is 7.21. The van der Waals surface area contributed by atoms with Gasteiger partial charge in [0.2, 0.25) is 0 Å². The summed E-state index contributed by atoms with van der Waals surface area (Å²) in [6.07, 6.45) is 3.94. The van der Waals surface area contributed by atoms with E-state index < -0.39 is 11.6 Å².